The lowest BCUT2D eigenvalue weighted by molar-refractivity contribution is 0.189. The molecular formula is C17H29N3O. The molecule has 1 aliphatic heterocycles. The van der Waals surface area contributed by atoms with Gasteiger partial charge in [0.1, 0.15) is 5.75 Å². The predicted octanol–water partition coefficient (Wildman–Crippen LogP) is 2.11. The van der Waals surface area contributed by atoms with E-state index >= 15 is 0 Å². The van der Waals surface area contributed by atoms with Crippen LogP contribution in [-0.4, -0.2) is 55.7 Å². The zero-order chi connectivity index (χ0) is 15.2. The van der Waals surface area contributed by atoms with Crippen molar-refractivity contribution in [3.63, 3.8) is 0 Å². The lowest BCUT2D eigenvalue weighted by Crippen LogP contribution is -2.39. The summed E-state index contributed by atoms with van der Waals surface area (Å²) in [4.78, 5) is 5.09. The van der Waals surface area contributed by atoms with Crippen molar-refractivity contribution < 1.29 is 4.74 Å². The monoisotopic (exact) mass is 291 g/mol. The molecule has 1 fully saturated rings. The number of benzene rings is 1. The van der Waals surface area contributed by atoms with Gasteiger partial charge < -0.3 is 10.5 Å². The van der Waals surface area contributed by atoms with E-state index in [0.717, 1.165) is 31.9 Å². The first kappa shape index (κ1) is 16.3. The molecule has 1 aromatic rings. The first-order valence-electron chi connectivity index (χ1n) is 8.05. The fraction of sp³-hybridized carbons (Fsp3) is 0.647. The molecule has 4 heteroatoms. The van der Waals surface area contributed by atoms with Crippen LogP contribution in [0, 0.1) is 0 Å². The van der Waals surface area contributed by atoms with E-state index in [-0.39, 0.29) is 0 Å². The minimum absolute atomic E-state index is 0.316. The van der Waals surface area contributed by atoms with Crippen molar-refractivity contribution >= 4 is 0 Å². The van der Waals surface area contributed by atoms with E-state index in [0.29, 0.717) is 18.6 Å². The van der Waals surface area contributed by atoms with Crippen LogP contribution in [0.4, 0.5) is 0 Å². The summed E-state index contributed by atoms with van der Waals surface area (Å²) in [5.41, 5.74) is 7.35. The number of hydrogen-bond acceptors (Lipinski definition) is 4. The molecule has 1 aromatic carbocycles. The van der Waals surface area contributed by atoms with Crippen LogP contribution in [0.2, 0.25) is 0 Å². The van der Waals surface area contributed by atoms with E-state index in [4.69, 9.17) is 10.5 Å². The van der Waals surface area contributed by atoms with Gasteiger partial charge in [0.05, 0.1) is 7.11 Å². The number of methoxy groups -OCH3 is 1. The molecule has 0 amide bonds. The van der Waals surface area contributed by atoms with Crippen LogP contribution in [0.15, 0.2) is 24.3 Å². The fourth-order valence-corrected chi connectivity index (χ4v) is 3.41. The Morgan fingerprint density at radius 1 is 1.29 bits per heavy atom. The zero-order valence-corrected chi connectivity index (χ0v) is 13.6. The third-order valence-electron chi connectivity index (χ3n) is 4.69. The third kappa shape index (κ3) is 3.76. The Kier molecular flexibility index (Phi) is 6.03. The molecule has 0 aliphatic carbocycles. The smallest absolute Gasteiger partial charge is 0.118 e. The highest BCUT2D eigenvalue weighted by Gasteiger charge is 2.30. The van der Waals surface area contributed by atoms with Crippen molar-refractivity contribution in [3.05, 3.63) is 29.8 Å². The van der Waals surface area contributed by atoms with E-state index < -0.39 is 0 Å². The first-order valence-corrected chi connectivity index (χ1v) is 8.05. The number of nitrogens with zero attached hydrogens (tertiary/aromatic N) is 2. The third-order valence-corrected chi connectivity index (χ3v) is 4.69. The van der Waals surface area contributed by atoms with Crippen LogP contribution in [0.25, 0.3) is 0 Å². The normalized spacial score (nSPS) is 20.9. The van der Waals surface area contributed by atoms with Gasteiger partial charge >= 0.3 is 0 Å². The molecule has 1 aliphatic rings. The zero-order valence-electron chi connectivity index (χ0n) is 13.6. The van der Waals surface area contributed by atoms with Gasteiger partial charge in [0.25, 0.3) is 0 Å². The highest BCUT2D eigenvalue weighted by molar-refractivity contribution is 5.29. The molecule has 0 saturated carbocycles. The number of hydrogen-bond donors (Lipinski definition) is 1. The highest BCUT2D eigenvalue weighted by atomic mass is 16.5. The van der Waals surface area contributed by atoms with Gasteiger partial charge in [-0.2, -0.15) is 0 Å². The van der Waals surface area contributed by atoms with Gasteiger partial charge in [-0.3, -0.25) is 9.80 Å². The molecule has 1 heterocycles. The van der Waals surface area contributed by atoms with E-state index in [9.17, 15) is 0 Å². The van der Waals surface area contributed by atoms with Crippen LogP contribution >= 0.6 is 0 Å². The summed E-state index contributed by atoms with van der Waals surface area (Å²) in [5, 5.41) is 0. The summed E-state index contributed by atoms with van der Waals surface area (Å²) < 4.78 is 5.23. The van der Waals surface area contributed by atoms with Crippen LogP contribution in [0.3, 0.4) is 0 Å². The van der Waals surface area contributed by atoms with E-state index in [1.165, 1.54) is 12.0 Å². The van der Waals surface area contributed by atoms with E-state index in [1.54, 1.807) is 7.11 Å². The van der Waals surface area contributed by atoms with Crippen molar-refractivity contribution in [2.24, 2.45) is 5.73 Å². The second kappa shape index (κ2) is 7.78. The molecule has 21 heavy (non-hydrogen) atoms. The second-order valence-corrected chi connectivity index (χ2v) is 5.68. The number of ether oxygens (including phenoxy) is 1. The van der Waals surface area contributed by atoms with Crippen molar-refractivity contribution in [3.8, 4) is 5.75 Å². The largest absolute Gasteiger partial charge is 0.497 e. The maximum Gasteiger partial charge on any atom is 0.118 e. The molecule has 0 spiro atoms. The van der Waals surface area contributed by atoms with Crippen LogP contribution in [0.1, 0.15) is 31.9 Å². The lowest BCUT2D eigenvalue weighted by atomic mass is 10.1. The molecular weight excluding hydrogens is 262 g/mol. The van der Waals surface area contributed by atoms with Crippen LogP contribution in [-0.2, 0) is 0 Å². The summed E-state index contributed by atoms with van der Waals surface area (Å²) in [6.45, 7) is 9.67. The summed E-state index contributed by atoms with van der Waals surface area (Å²) in [5.74, 6) is 0.900. The van der Waals surface area contributed by atoms with Gasteiger partial charge in [-0.25, -0.2) is 0 Å². The van der Waals surface area contributed by atoms with Gasteiger partial charge in [-0.15, -0.1) is 0 Å². The van der Waals surface area contributed by atoms with Gasteiger partial charge in [-0.05, 0) is 37.2 Å². The molecule has 4 nitrogen and oxygen atoms in total. The molecule has 2 N–H and O–H groups in total. The maximum atomic E-state index is 6.06. The Labute approximate surface area is 128 Å². The average molecular weight is 291 g/mol. The van der Waals surface area contributed by atoms with Crippen LogP contribution in [0.5, 0.6) is 5.75 Å². The molecule has 1 saturated heterocycles. The Balaban J connectivity index is 2.04. The molecule has 2 atom stereocenters. The molecule has 2 unspecified atom stereocenters. The molecule has 2 rings (SSSR count). The number of nitrogens with two attached hydrogens (primary N) is 1. The summed E-state index contributed by atoms with van der Waals surface area (Å²) in [7, 11) is 1.70. The average Bonchev–Trinajstić information content (AvgIpc) is 2.99. The minimum atomic E-state index is 0.316. The van der Waals surface area contributed by atoms with E-state index in [1.807, 2.05) is 12.1 Å². The van der Waals surface area contributed by atoms with Crippen molar-refractivity contribution in [2.75, 3.05) is 39.8 Å². The van der Waals surface area contributed by atoms with Gasteiger partial charge in [0.2, 0.25) is 0 Å². The Bertz CT molecular complexity index is 417. The van der Waals surface area contributed by atoms with Gasteiger partial charge in [-0.1, -0.05) is 26.0 Å². The maximum absolute atomic E-state index is 6.06. The topological polar surface area (TPSA) is 41.7 Å². The van der Waals surface area contributed by atoms with Gasteiger partial charge in [0, 0.05) is 31.7 Å². The molecule has 0 bridgehead atoms. The SMILES string of the molecule is CCN(CC)C1CCN(C(CN)c2ccc(OC)cc2)C1. The number of likely N-dealkylation sites (N-methyl/N-ethyl adjacent to an activating group) is 1. The Morgan fingerprint density at radius 2 is 1.95 bits per heavy atom. The van der Waals surface area contributed by atoms with Crippen molar-refractivity contribution in [1.29, 1.82) is 0 Å². The molecule has 0 radical (unpaired) electrons. The minimum Gasteiger partial charge on any atom is -0.497 e. The summed E-state index contributed by atoms with van der Waals surface area (Å²) >= 11 is 0. The van der Waals surface area contributed by atoms with Gasteiger partial charge in [0.15, 0.2) is 0 Å². The first-order chi connectivity index (χ1) is 10.2. The molecule has 118 valence electrons. The number of rotatable bonds is 7. The predicted molar refractivity (Wildman–Crippen MR) is 87.7 cm³/mol. The summed E-state index contributed by atoms with van der Waals surface area (Å²) in [6.07, 6.45) is 1.24. The van der Waals surface area contributed by atoms with Crippen LogP contribution < -0.4 is 10.5 Å². The fourth-order valence-electron chi connectivity index (χ4n) is 3.41. The Hall–Kier alpha value is -1.10. The highest BCUT2D eigenvalue weighted by Crippen LogP contribution is 2.27. The quantitative estimate of drug-likeness (QED) is 0.835. The summed E-state index contributed by atoms with van der Waals surface area (Å²) in [6, 6.07) is 9.32. The standard InChI is InChI=1S/C17H29N3O/c1-4-19(5-2)15-10-11-20(13-15)17(12-18)14-6-8-16(21-3)9-7-14/h6-9,15,17H,4-5,10-13,18H2,1-3H3. The van der Waals surface area contributed by atoms with Crippen molar-refractivity contribution in [2.45, 2.75) is 32.4 Å². The van der Waals surface area contributed by atoms with Crippen molar-refractivity contribution in [1.82, 2.24) is 9.80 Å². The second-order valence-electron chi connectivity index (χ2n) is 5.68. The number of likely N-dealkylation sites (tertiary alicyclic amines) is 1. The lowest BCUT2D eigenvalue weighted by Gasteiger charge is -2.30. The Morgan fingerprint density at radius 3 is 2.48 bits per heavy atom. The van der Waals surface area contributed by atoms with E-state index in [2.05, 4.69) is 35.8 Å². The molecule has 0 aromatic heterocycles.